The predicted octanol–water partition coefficient (Wildman–Crippen LogP) is 2.17. The molecule has 0 bridgehead atoms. The van der Waals surface area contributed by atoms with E-state index in [1.807, 2.05) is 6.92 Å². The van der Waals surface area contributed by atoms with Crippen molar-refractivity contribution in [2.24, 2.45) is 0 Å². The van der Waals surface area contributed by atoms with Crippen molar-refractivity contribution in [3.63, 3.8) is 0 Å². The summed E-state index contributed by atoms with van der Waals surface area (Å²) in [4.78, 5) is 13.8. The zero-order chi connectivity index (χ0) is 13.8. The molecule has 1 aliphatic rings. The molecule has 0 spiro atoms. The highest BCUT2D eigenvalue weighted by Gasteiger charge is 2.27. The summed E-state index contributed by atoms with van der Waals surface area (Å²) >= 11 is 0. The van der Waals surface area contributed by atoms with Gasteiger partial charge >= 0.3 is 0 Å². The Morgan fingerprint density at radius 2 is 2.37 bits per heavy atom. The third kappa shape index (κ3) is 3.04. The molecule has 1 amide bonds. The van der Waals surface area contributed by atoms with Gasteiger partial charge in [0.2, 0.25) is 0 Å². The highest BCUT2D eigenvalue weighted by Crippen LogP contribution is 2.24. The first-order valence-corrected chi connectivity index (χ1v) is 6.51. The molecule has 0 saturated carbocycles. The Kier molecular flexibility index (Phi) is 4.37. The molecule has 1 aromatic carbocycles. The van der Waals surface area contributed by atoms with E-state index in [-0.39, 0.29) is 17.4 Å². The highest BCUT2D eigenvalue weighted by molar-refractivity contribution is 5.97. The van der Waals surface area contributed by atoms with Gasteiger partial charge in [-0.3, -0.25) is 4.79 Å². The van der Waals surface area contributed by atoms with Gasteiger partial charge in [0.25, 0.3) is 5.91 Å². The minimum atomic E-state index is -0.691. The van der Waals surface area contributed by atoms with E-state index in [9.17, 15) is 14.3 Å². The van der Waals surface area contributed by atoms with Crippen molar-refractivity contribution in [2.75, 3.05) is 19.7 Å². The summed E-state index contributed by atoms with van der Waals surface area (Å²) < 4.78 is 19.2. The lowest BCUT2D eigenvalue weighted by Gasteiger charge is -2.32. The van der Waals surface area contributed by atoms with Gasteiger partial charge in [0.15, 0.2) is 0 Å². The van der Waals surface area contributed by atoms with Crippen LogP contribution in [0.2, 0.25) is 0 Å². The lowest BCUT2D eigenvalue weighted by Crippen LogP contribution is -2.43. The van der Waals surface area contributed by atoms with Crippen LogP contribution in [0, 0.1) is 5.82 Å². The number of halogens is 1. The van der Waals surface area contributed by atoms with Crippen LogP contribution in [0.3, 0.4) is 0 Å². The van der Waals surface area contributed by atoms with E-state index in [1.165, 1.54) is 18.2 Å². The molecule has 0 aliphatic carbocycles. The summed E-state index contributed by atoms with van der Waals surface area (Å²) in [5.74, 6) is -1.48. The molecule has 0 aromatic heterocycles. The third-order valence-corrected chi connectivity index (χ3v) is 3.27. The lowest BCUT2D eigenvalue weighted by atomic mass is 10.1. The summed E-state index contributed by atoms with van der Waals surface area (Å²) in [5.41, 5.74) is -0.250. The molecule has 1 fully saturated rings. The summed E-state index contributed by atoms with van der Waals surface area (Å²) in [6, 6.07) is 3.87. The van der Waals surface area contributed by atoms with Gasteiger partial charge in [-0.2, -0.15) is 0 Å². The number of ether oxygens (including phenoxy) is 1. The van der Waals surface area contributed by atoms with Crippen LogP contribution in [0.4, 0.5) is 4.39 Å². The van der Waals surface area contributed by atoms with Gasteiger partial charge in [-0.15, -0.1) is 0 Å². The molecular formula is C14H18FNO3. The molecule has 0 unspecified atom stereocenters. The average Bonchev–Trinajstić information content (AvgIpc) is 2.39. The van der Waals surface area contributed by atoms with Gasteiger partial charge in [-0.05, 0) is 31.9 Å². The molecule has 1 aromatic rings. The second kappa shape index (κ2) is 6.02. The van der Waals surface area contributed by atoms with Gasteiger partial charge in [-0.25, -0.2) is 4.39 Å². The van der Waals surface area contributed by atoms with Gasteiger partial charge < -0.3 is 14.7 Å². The van der Waals surface area contributed by atoms with Crippen molar-refractivity contribution in [3.05, 3.63) is 29.6 Å². The smallest absolute Gasteiger partial charge is 0.260 e. The highest BCUT2D eigenvalue weighted by atomic mass is 19.1. The van der Waals surface area contributed by atoms with Gasteiger partial charge in [0.05, 0.1) is 6.10 Å². The topological polar surface area (TPSA) is 49.8 Å². The molecule has 2 rings (SSSR count). The van der Waals surface area contributed by atoms with E-state index in [0.717, 1.165) is 12.8 Å². The standard InChI is InChI=1S/C14H18FNO3/c1-2-19-10-5-4-8-16(9-10)14(18)13-11(15)6-3-7-12(13)17/h3,6-7,10,17H,2,4-5,8-9H2,1H3/t10-/m1/s1. The van der Waals surface area contributed by atoms with Crippen LogP contribution >= 0.6 is 0 Å². The number of piperidine rings is 1. The maximum Gasteiger partial charge on any atom is 0.260 e. The molecule has 1 heterocycles. The molecule has 5 heteroatoms. The van der Waals surface area contributed by atoms with Crippen LogP contribution in [-0.4, -0.2) is 41.7 Å². The van der Waals surface area contributed by atoms with Gasteiger partial charge in [0.1, 0.15) is 17.1 Å². The number of amides is 1. The fraction of sp³-hybridized carbons (Fsp3) is 0.500. The zero-order valence-electron chi connectivity index (χ0n) is 10.9. The summed E-state index contributed by atoms with van der Waals surface area (Å²) in [6.07, 6.45) is 1.73. The van der Waals surface area contributed by atoms with Crippen molar-refractivity contribution < 1.29 is 19.0 Å². The number of nitrogens with zero attached hydrogens (tertiary/aromatic N) is 1. The molecule has 1 N–H and O–H groups in total. The Hall–Kier alpha value is -1.62. The number of phenolic OH excluding ortho intramolecular Hbond substituents is 1. The minimum Gasteiger partial charge on any atom is -0.507 e. The molecule has 1 atom stereocenters. The van der Waals surface area contributed by atoms with E-state index in [1.54, 1.807) is 4.90 Å². The van der Waals surface area contributed by atoms with Gasteiger partial charge in [-0.1, -0.05) is 6.07 Å². The predicted molar refractivity (Wildman–Crippen MR) is 68.6 cm³/mol. The van der Waals surface area contributed by atoms with Crippen molar-refractivity contribution in [2.45, 2.75) is 25.9 Å². The second-order valence-corrected chi connectivity index (χ2v) is 4.60. The first-order chi connectivity index (χ1) is 9.13. The Morgan fingerprint density at radius 1 is 1.58 bits per heavy atom. The van der Waals surface area contributed by atoms with Crippen LogP contribution in [0.1, 0.15) is 30.1 Å². The number of benzene rings is 1. The quantitative estimate of drug-likeness (QED) is 0.913. The van der Waals surface area contributed by atoms with Crippen LogP contribution < -0.4 is 0 Å². The minimum absolute atomic E-state index is 0.00313. The Labute approximate surface area is 111 Å². The molecule has 104 valence electrons. The van der Waals surface area contributed by atoms with E-state index >= 15 is 0 Å². The molecule has 0 radical (unpaired) electrons. The van der Waals surface area contributed by atoms with E-state index < -0.39 is 11.7 Å². The molecule has 4 nitrogen and oxygen atoms in total. The summed E-state index contributed by atoms with van der Waals surface area (Å²) in [7, 11) is 0. The first kappa shape index (κ1) is 13.8. The van der Waals surface area contributed by atoms with Crippen LogP contribution in [0.15, 0.2) is 18.2 Å². The number of phenols is 1. The van der Waals surface area contributed by atoms with Crippen molar-refractivity contribution >= 4 is 5.91 Å². The van der Waals surface area contributed by atoms with E-state index in [2.05, 4.69) is 0 Å². The Balaban J connectivity index is 2.15. The maximum atomic E-state index is 13.7. The average molecular weight is 267 g/mol. The number of hydrogen-bond donors (Lipinski definition) is 1. The monoisotopic (exact) mass is 267 g/mol. The summed E-state index contributed by atoms with van der Waals surface area (Å²) in [5, 5.41) is 9.64. The molecular weight excluding hydrogens is 249 g/mol. The maximum absolute atomic E-state index is 13.7. The fourth-order valence-corrected chi connectivity index (χ4v) is 2.38. The van der Waals surface area contributed by atoms with Crippen LogP contribution in [-0.2, 0) is 4.74 Å². The lowest BCUT2D eigenvalue weighted by molar-refractivity contribution is 0.00696. The normalized spacial score (nSPS) is 19.5. The molecule has 1 saturated heterocycles. The van der Waals surface area contributed by atoms with Crippen molar-refractivity contribution in [1.82, 2.24) is 4.90 Å². The Bertz CT molecular complexity index is 442. The van der Waals surface area contributed by atoms with Gasteiger partial charge in [0, 0.05) is 19.7 Å². The van der Waals surface area contributed by atoms with Crippen molar-refractivity contribution in [3.8, 4) is 5.75 Å². The number of likely N-dealkylation sites (tertiary alicyclic amines) is 1. The number of rotatable bonds is 3. The molecule has 19 heavy (non-hydrogen) atoms. The third-order valence-electron chi connectivity index (χ3n) is 3.27. The number of carbonyl (C=O) groups excluding carboxylic acids is 1. The summed E-state index contributed by atoms with van der Waals surface area (Å²) in [6.45, 7) is 3.51. The van der Waals surface area contributed by atoms with E-state index in [4.69, 9.17) is 4.74 Å². The SMILES string of the molecule is CCO[C@@H]1CCCN(C(=O)c2c(O)cccc2F)C1. The van der Waals surface area contributed by atoms with E-state index in [0.29, 0.717) is 19.7 Å². The van der Waals surface area contributed by atoms with Crippen molar-refractivity contribution in [1.29, 1.82) is 0 Å². The number of hydrogen-bond acceptors (Lipinski definition) is 3. The molecule has 1 aliphatic heterocycles. The zero-order valence-corrected chi connectivity index (χ0v) is 10.9. The largest absolute Gasteiger partial charge is 0.507 e. The Morgan fingerprint density at radius 3 is 3.05 bits per heavy atom. The fourth-order valence-electron chi connectivity index (χ4n) is 2.38. The van der Waals surface area contributed by atoms with Crippen LogP contribution in [0.25, 0.3) is 0 Å². The van der Waals surface area contributed by atoms with Crippen LogP contribution in [0.5, 0.6) is 5.75 Å². The second-order valence-electron chi connectivity index (χ2n) is 4.60. The first-order valence-electron chi connectivity index (χ1n) is 6.51. The number of aromatic hydroxyl groups is 1. The number of carbonyl (C=O) groups is 1.